The van der Waals surface area contributed by atoms with Crippen molar-refractivity contribution < 1.29 is 17.6 Å². The second kappa shape index (κ2) is 8.40. The largest absolute Gasteiger partial charge is 0.366 e. The standard InChI is InChI=1S/C22H23FN4O3S2/c23-17-6-1-2-7-19(17)26-8-10-27(11-9-26)21(28)15-4-3-5-16(12-15)24-22-25-18-13-32(29,30)14-20(18)31-22/h1-7,12,18,20H,8-11,13-14H2,(H,24,25)/t18-,20+/m0/s1. The molecule has 2 atom stereocenters. The quantitative estimate of drug-likeness (QED) is 0.736. The first-order valence-electron chi connectivity index (χ1n) is 10.5. The summed E-state index contributed by atoms with van der Waals surface area (Å²) in [6, 6.07) is 13.7. The van der Waals surface area contributed by atoms with Crippen molar-refractivity contribution in [2.75, 3.05) is 47.9 Å². The van der Waals surface area contributed by atoms with Gasteiger partial charge in [0, 0.05) is 42.7 Å². The summed E-state index contributed by atoms with van der Waals surface area (Å²) in [4.78, 5) is 21.3. The van der Waals surface area contributed by atoms with Crippen LogP contribution in [-0.2, 0) is 9.84 Å². The summed E-state index contributed by atoms with van der Waals surface area (Å²) in [6.07, 6.45) is 0. The second-order valence-corrected chi connectivity index (χ2v) is 11.6. The van der Waals surface area contributed by atoms with E-state index < -0.39 is 9.84 Å². The molecule has 0 aliphatic carbocycles. The number of piperazine rings is 1. The SMILES string of the molecule is O=C(c1cccc(NC2=N[C@H]3CS(=O)(=O)C[C@H]3S2)c1)N1CCN(c2ccccc2F)CC1. The number of aliphatic imine (C=N–C) groups is 1. The van der Waals surface area contributed by atoms with Gasteiger partial charge in [0.15, 0.2) is 15.0 Å². The molecule has 1 N–H and O–H groups in total. The summed E-state index contributed by atoms with van der Waals surface area (Å²) in [5.74, 6) is -0.0481. The number of para-hydroxylation sites is 1. The van der Waals surface area contributed by atoms with Gasteiger partial charge in [-0.3, -0.25) is 9.79 Å². The van der Waals surface area contributed by atoms with Crippen LogP contribution in [-0.4, -0.2) is 73.4 Å². The van der Waals surface area contributed by atoms with Gasteiger partial charge in [0.2, 0.25) is 0 Å². The van der Waals surface area contributed by atoms with E-state index in [0.717, 1.165) is 5.69 Å². The summed E-state index contributed by atoms with van der Waals surface area (Å²) >= 11 is 1.45. The van der Waals surface area contributed by atoms with Crippen LogP contribution in [0.5, 0.6) is 0 Å². The number of anilines is 2. The molecule has 0 unspecified atom stereocenters. The zero-order valence-electron chi connectivity index (χ0n) is 17.3. The summed E-state index contributed by atoms with van der Waals surface area (Å²) in [5, 5.41) is 3.89. The third kappa shape index (κ3) is 4.33. The highest BCUT2D eigenvalue weighted by Gasteiger charge is 2.42. The zero-order valence-corrected chi connectivity index (χ0v) is 18.9. The maximum absolute atomic E-state index is 14.0. The summed E-state index contributed by atoms with van der Waals surface area (Å²) in [7, 11) is -2.99. The van der Waals surface area contributed by atoms with Gasteiger partial charge >= 0.3 is 0 Å². The van der Waals surface area contributed by atoms with E-state index in [1.54, 1.807) is 29.2 Å². The minimum atomic E-state index is -2.99. The van der Waals surface area contributed by atoms with Gasteiger partial charge in [-0.25, -0.2) is 12.8 Å². The second-order valence-electron chi connectivity index (χ2n) is 8.17. The minimum absolute atomic E-state index is 0.0296. The molecule has 3 aliphatic heterocycles. The molecule has 1 amide bonds. The van der Waals surface area contributed by atoms with E-state index in [9.17, 15) is 17.6 Å². The minimum Gasteiger partial charge on any atom is -0.366 e. The van der Waals surface area contributed by atoms with Crippen LogP contribution >= 0.6 is 11.8 Å². The van der Waals surface area contributed by atoms with Crippen LogP contribution in [0, 0.1) is 5.82 Å². The van der Waals surface area contributed by atoms with Crippen molar-refractivity contribution in [3.05, 3.63) is 59.9 Å². The zero-order chi connectivity index (χ0) is 22.3. The molecule has 2 fully saturated rings. The number of benzene rings is 2. The lowest BCUT2D eigenvalue weighted by molar-refractivity contribution is 0.0746. The number of carbonyl (C=O) groups is 1. The number of amidine groups is 1. The molecule has 0 saturated carbocycles. The highest BCUT2D eigenvalue weighted by atomic mass is 32.2. The first kappa shape index (κ1) is 21.3. The van der Waals surface area contributed by atoms with Crippen LogP contribution in [0.4, 0.5) is 15.8 Å². The topological polar surface area (TPSA) is 82.1 Å². The van der Waals surface area contributed by atoms with E-state index in [0.29, 0.717) is 42.6 Å². The number of sulfone groups is 1. The van der Waals surface area contributed by atoms with Gasteiger partial charge in [0.05, 0.1) is 23.2 Å². The fraction of sp³-hybridized carbons (Fsp3) is 0.364. The van der Waals surface area contributed by atoms with Crippen LogP contribution in [0.25, 0.3) is 0 Å². The van der Waals surface area contributed by atoms with Crippen molar-refractivity contribution in [1.82, 2.24) is 4.90 Å². The molecule has 0 spiro atoms. The monoisotopic (exact) mass is 474 g/mol. The summed E-state index contributed by atoms with van der Waals surface area (Å²) < 4.78 is 37.5. The third-order valence-electron chi connectivity index (χ3n) is 5.94. The Morgan fingerprint density at radius 2 is 1.84 bits per heavy atom. The summed E-state index contributed by atoms with van der Waals surface area (Å²) in [6.45, 7) is 2.18. The molecular weight excluding hydrogens is 451 g/mol. The molecule has 5 rings (SSSR count). The lowest BCUT2D eigenvalue weighted by atomic mass is 10.1. The number of nitrogens with zero attached hydrogens (tertiary/aromatic N) is 3. The van der Waals surface area contributed by atoms with Crippen molar-refractivity contribution in [3.8, 4) is 0 Å². The Labute approximate surface area is 190 Å². The van der Waals surface area contributed by atoms with Crippen molar-refractivity contribution in [1.29, 1.82) is 0 Å². The van der Waals surface area contributed by atoms with Crippen molar-refractivity contribution in [2.24, 2.45) is 4.99 Å². The smallest absolute Gasteiger partial charge is 0.254 e. The van der Waals surface area contributed by atoms with Gasteiger partial charge in [0.1, 0.15) is 5.82 Å². The Morgan fingerprint density at radius 3 is 2.59 bits per heavy atom. The molecular formula is C22H23FN4O3S2. The molecule has 0 bridgehead atoms. The van der Waals surface area contributed by atoms with E-state index in [4.69, 9.17) is 0 Å². The fourth-order valence-corrected chi connectivity index (χ4v) is 7.99. The number of fused-ring (bicyclic) bond motifs is 1. The normalized spacial score (nSPS) is 24.2. The van der Waals surface area contributed by atoms with Crippen LogP contribution in [0.2, 0.25) is 0 Å². The highest BCUT2D eigenvalue weighted by molar-refractivity contribution is 8.15. The van der Waals surface area contributed by atoms with Gasteiger partial charge in [-0.2, -0.15) is 0 Å². The van der Waals surface area contributed by atoms with E-state index in [2.05, 4.69) is 10.3 Å². The predicted molar refractivity (Wildman–Crippen MR) is 126 cm³/mol. The molecule has 32 heavy (non-hydrogen) atoms. The lowest BCUT2D eigenvalue weighted by Gasteiger charge is -2.36. The van der Waals surface area contributed by atoms with E-state index in [-0.39, 0.29) is 34.5 Å². The third-order valence-corrected chi connectivity index (χ3v) is 9.08. The number of halogens is 1. The Bertz CT molecular complexity index is 1180. The van der Waals surface area contributed by atoms with Gasteiger partial charge in [0.25, 0.3) is 5.91 Å². The van der Waals surface area contributed by atoms with Gasteiger partial charge in [-0.1, -0.05) is 30.0 Å². The molecule has 2 aromatic rings. The fourth-order valence-electron chi connectivity index (χ4n) is 4.31. The summed E-state index contributed by atoms with van der Waals surface area (Å²) in [5.41, 5.74) is 1.88. The number of thioether (sulfide) groups is 1. The highest BCUT2D eigenvalue weighted by Crippen LogP contribution is 2.34. The molecule has 3 heterocycles. The molecule has 3 aliphatic rings. The van der Waals surface area contributed by atoms with E-state index in [1.165, 1.54) is 17.8 Å². The van der Waals surface area contributed by atoms with E-state index >= 15 is 0 Å². The average molecular weight is 475 g/mol. The molecule has 7 nitrogen and oxygen atoms in total. The van der Waals surface area contributed by atoms with Gasteiger partial charge < -0.3 is 15.1 Å². The number of nitrogens with one attached hydrogen (secondary N) is 1. The number of carbonyl (C=O) groups excluding carboxylic acids is 1. The van der Waals surface area contributed by atoms with Gasteiger partial charge in [-0.15, -0.1) is 0 Å². The maximum Gasteiger partial charge on any atom is 0.254 e. The van der Waals surface area contributed by atoms with Crippen LogP contribution in [0.3, 0.4) is 0 Å². The number of hydrogen-bond donors (Lipinski definition) is 1. The molecule has 0 radical (unpaired) electrons. The molecule has 10 heteroatoms. The molecule has 2 saturated heterocycles. The van der Waals surface area contributed by atoms with E-state index in [1.807, 2.05) is 23.1 Å². The van der Waals surface area contributed by atoms with Crippen LogP contribution in [0.15, 0.2) is 53.5 Å². The van der Waals surface area contributed by atoms with Crippen molar-refractivity contribution in [3.63, 3.8) is 0 Å². The lowest BCUT2D eigenvalue weighted by Crippen LogP contribution is -2.49. The molecule has 2 aromatic carbocycles. The van der Waals surface area contributed by atoms with Gasteiger partial charge in [-0.05, 0) is 30.3 Å². The molecule has 0 aromatic heterocycles. The molecule has 168 valence electrons. The maximum atomic E-state index is 14.0. The first-order valence-corrected chi connectivity index (χ1v) is 13.2. The number of rotatable bonds is 3. The average Bonchev–Trinajstić information content (AvgIpc) is 3.26. The Kier molecular flexibility index (Phi) is 5.58. The first-order chi connectivity index (χ1) is 15.4. The van der Waals surface area contributed by atoms with Crippen LogP contribution in [0.1, 0.15) is 10.4 Å². The number of hydrogen-bond acceptors (Lipinski definition) is 7. The van der Waals surface area contributed by atoms with Crippen molar-refractivity contribution in [2.45, 2.75) is 11.3 Å². The Morgan fingerprint density at radius 1 is 1.06 bits per heavy atom. The Balaban J connectivity index is 1.22. The Hall–Kier alpha value is -2.59. The number of amides is 1. The van der Waals surface area contributed by atoms with Crippen LogP contribution < -0.4 is 10.2 Å². The predicted octanol–water partition coefficient (Wildman–Crippen LogP) is 2.47. The van der Waals surface area contributed by atoms with Crippen molar-refractivity contribution >= 4 is 44.0 Å².